The second kappa shape index (κ2) is 4.01. The lowest BCUT2D eigenvalue weighted by atomic mass is 9.99. The largest absolute Gasteiger partial charge is 0.476 e. The first-order chi connectivity index (χ1) is 9.08. The number of aromatic nitrogens is 1. The molecule has 1 aliphatic rings. The number of carboxylic acids is 1. The zero-order valence-electron chi connectivity index (χ0n) is 10.4. The predicted octanol–water partition coefficient (Wildman–Crippen LogP) is 2.39. The van der Waals surface area contributed by atoms with Crippen LogP contribution in [0, 0.1) is 13.8 Å². The van der Waals surface area contributed by atoms with Crippen LogP contribution in [0.25, 0.3) is 11.3 Å². The van der Waals surface area contributed by atoms with Crippen molar-refractivity contribution in [3.05, 3.63) is 29.0 Å². The fourth-order valence-corrected chi connectivity index (χ4v) is 2.06. The van der Waals surface area contributed by atoms with Crippen LogP contribution in [0.15, 0.2) is 16.7 Å². The minimum atomic E-state index is -1.12. The number of carbonyl (C=O) groups is 1. The Labute approximate surface area is 108 Å². The van der Waals surface area contributed by atoms with E-state index >= 15 is 0 Å². The molecule has 19 heavy (non-hydrogen) atoms. The van der Waals surface area contributed by atoms with E-state index in [9.17, 15) is 4.79 Å². The molecule has 6 nitrogen and oxygen atoms in total. The van der Waals surface area contributed by atoms with E-state index in [0.717, 1.165) is 22.4 Å². The minimum Gasteiger partial charge on any atom is -0.476 e. The van der Waals surface area contributed by atoms with Gasteiger partial charge in [-0.25, -0.2) is 4.79 Å². The first kappa shape index (κ1) is 11.6. The van der Waals surface area contributed by atoms with Crippen molar-refractivity contribution < 1.29 is 23.9 Å². The number of fused-ring (bicyclic) bond motifs is 1. The van der Waals surface area contributed by atoms with Crippen LogP contribution in [0.2, 0.25) is 0 Å². The Hall–Kier alpha value is -2.50. The fourth-order valence-electron chi connectivity index (χ4n) is 2.06. The third kappa shape index (κ3) is 1.72. The SMILES string of the molecule is Cc1c(-c2cc(C(=O)O)no2)cc2c(c1C)OCO2. The van der Waals surface area contributed by atoms with Crippen LogP contribution in [0.5, 0.6) is 11.5 Å². The smallest absolute Gasteiger partial charge is 0.358 e. The predicted molar refractivity (Wildman–Crippen MR) is 64.5 cm³/mol. The zero-order chi connectivity index (χ0) is 13.6. The van der Waals surface area contributed by atoms with Crippen molar-refractivity contribution in [3.8, 4) is 22.8 Å². The highest BCUT2D eigenvalue weighted by Crippen LogP contribution is 2.42. The molecule has 1 aromatic carbocycles. The van der Waals surface area contributed by atoms with E-state index in [1.54, 1.807) is 6.07 Å². The zero-order valence-corrected chi connectivity index (χ0v) is 10.4. The third-order valence-corrected chi connectivity index (χ3v) is 3.22. The average Bonchev–Trinajstić information content (AvgIpc) is 3.01. The van der Waals surface area contributed by atoms with Crippen molar-refractivity contribution >= 4 is 5.97 Å². The van der Waals surface area contributed by atoms with Crippen molar-refractivity contribution in [2.75, 3.05) is 6.79 Å². The molecular weight excluding hydrogens is 250 g/mol. The third-order valence-electron chi connectivity index (χ3n) is 3.22. The summed E-state index contributed by atoms with van der Waals surface area (Å²) in [7, 11) is 0. The maximum Gasteiger partial charge on any atom is 0.358 e. The number of nitrogens with zero attached hydrogens (tertiary/aromatic N) is 1. The van der Waals surface area contributed by atoms with Gasteiger partial charge in [0.2, 0.25) is 6.79 Å². The summed E-state index contributed by atoms with van der Waals surface area (Å²) in [5.74, 6) is 0.631. The van der Waals surface area contributed by atoms with Gasteiger partial charge in [-0.3, -0.25) is 0 Å². The Balaban J connectivity index is 2.14. The summed E-state index contributed by atoms with van der Waals surface area (Å²) in [6, 6.07) is 3.17. The number of hydrogen-bond donors (Lipinski definition) is 1. The Morgan fingerprint density at radius 3 is 2.74 bits per heavy atom. The summed E-state index contributed by atoms with van der Waals surface area (Å²) in [5.41, 5.74) is 2.52. The lowest BCUT2D eigenvalue weighted by Gasteiger charge is -2.08. The quantitative estimate of drug-likeness (QED) is 0.893. The van der Waals surface area contributed by atoms with Crippen molar-refractivity contribution in [1.82, 2.24) is 5.16 Å². The van der Waals surface area contributed by atoms with Gasteiger partial charge in [0.05, 0.1) is 0 Å². The van der Waals surface area contributed by atoms with Crippen molar-refractivity contribution in [2.45, 2.75) is 13.8 Å². The van der Waals surface area contributed by atoms with E-state index in [-0.39, 0.29) is 12.5 Å². The van der Waals surface area contributed by atoms with E-state index in [1.165, 1.54) is 6.07 Å². The van der Waals surface area contributed by atoms with Crippen LogP contribution in [-0.2, 0) is 0 Å². The van der Waals surface area contributed by atoms with Crippen LogP contribution in [0.1, 0.15) is 21.6 Å². The molecule has 0 saturated carbocycles. The lowest BCUT2D eigenvalue weighted by Crippen LogP contribution is -1.94. The van der Waals surface area contributed by atoms with Gasteiger partial charge < -0.3 is 19.1 Å². The molecule has 0 amide bonds. The van der Waals surface area contributed by atoms with E-state index in [4.69, 9.17) is 19.1 Å². The minimum absolute atomic E-state index is 0.121. The Bertz CT molecular complexity index is 674. The monoisotopic (exact) mass is 261 g/mol. The number of rotatable bonds is 2. The van der Waals surface area contributed by atoms with Crippen molar-refractivity contribution in [3.63, 3.8) is 0 Å². The standard InChI is InChI=1S/C13H11NO5/c1-6-7(2)12-11(17-5-18-12)3-8(6)10-4-9(13(15)16)14-19-10/h3-4H,5H2,1-2H3,(H,15,16). The Morgan fingerprint density at radius 1 is 1.26 bits per heavy atom. The molecule has 0 unspecified atom stereocenters. The van der Waals surface area contributed by atoms with Gasteiger partial charge in [0.1, 0.15) is 0 Å². The Kier molecular flexibility index (Phi) is 2.45. The molecule has 2 heterocycles. The van der Waals surface area contributed by atoms with Gasteiger partial charge in [-0.15, -0.1) is 0 Å². The summed E-state index contributed by atoms with van der Waals surface area (Å²) in [6.07, 6.45) is 0. The van der Waals surface area contributed by atoms with Gasteiger partial charge in [0.15, 0.2) is 23.0 Å². The van der Waals surface area contributed by atoms with Gasteiger partial charge >= 0.3 is 5.97 Å². The highest BCUT2D eigenvalue weighted by molar-refractivity contribution is 5.86. The molecule has 1 aromatic heterocycles. The van der Waals surface area contributed by atoms with Crippen LogP contribution in [0.4, 0.5) is 0 Å². The highest BCUT2D eigenvalue weighted by Gasteiger charge is 2.23. The van der Waals surface area contributed by atoms with Crippen LogP contribution in [-0.4, -0.2) is 23.0 Å². The van der Waals surface area contributed by atoms with Crippen molar-refractivity contribution in [2.24, 2.45) is 0 Å². The van der Waals surface area contributed by atoms with Crippen molar-refractivity contribution in [1.29, 1.82) is 0 Å². The number of aromatic carboxylic acids is 1. The Morgan fingerprint density at radius 2 is 2.05 bits per heavy atom. The maximum atomic E-state index is 10.8. The number of benzene rings is 1. The molecule has 0 bridgehead atoms. The van der Waals surface area contributed by atoms with Gasteiger partial charge in [-0.1, -0.05) is 5.16 Å². The number of hydrogen-bond acceptors (Lipinski definition) is 5. The fraction of sp³-hybridized carbons (Fsp3) is 0.231. The molecule has 3 rings (SSSR count). The van der Waals surface area contributed by atoms with Crippen LogP contribution in [0.3, 0.4) is 0 Å². The molecule has 1 N–H and O–H groups in total. The van der Waals surface area contributed by atoms with E-state index in [1.807, 2.05) is 13.8 Å². The molecule has 0 fully saturated rings. The maximum absolute atomic E-state index is 10.8. The highest BCUT2D eigenvalue weighted by atomic mass is 16.7. The summed E-state index contributed by atoms with van der Waals surface area (Å²) >= 11 is 0. The molecule has 1 aliphatic heterocycles. The topological polar surface area (TPSA) is 81.8 Å². The molecular formula is C13H11NO5. The average molecular weight is 261 g/mol. The van der Waals surface area contributed by atoms with Crippen LogP contribution >= 0.6 is 0 Å². The lowest BCUT2D eigenvalue weighted by molar-refractivity contribution is 0.0686. The molecule has 2 aromatic rings. The van der Waals surface area contributed by atoms with Crippen LogP contribution < -0.4 is 9.47 Å². The van der Waals surface area contributed by atoms with E-state index in [2.05, 4.69) is 5.16 Å². The normalized spacial score (nSPS) is 12.7. The number of ether oxygens (including phenoxy) is 2. The molecule has 0 aliphatic carbocycles. The van der Waals surface area contributed by atoms with E-state index < -0.39 is 5.97 Å². The van der Waals surface area contributed by atoms with Gasteiger partial charge in [-0.05, 0) is 31.0 Å². The van der Waals surface area contributed by atoms with Gasteiger partial charge in [0.25, 0.3) is 0 Å². The number of carboxylic acid groups (broad SMARTS) is 1. The molecule has 0 spiro atoms. The summed E-state index contributed by atoms with van der Waals surface area (Å²) in [4.78, 5) is 10.8. The molecule has 6 heteroatoms. The molecule has 0 atom stereocenters. The molecule has 0 saturated heterocycles. The first-order valence-electron chi connectivity index (χ1n) is 5.68. The molecule has 0 radical (unpaired) electrons. The van der Waals surface area contributed by atoms with Gasteiger partial charge in [0, 0.05) is 11.6 Å². The van der Waals surface area contributed by atoms with E-state index in [0.29, 0.717) is 11.5 Å². The van der Waals surface area contributed by atoms with Gasteiger partial charge in [-0.2, -0.15) is 0 Å². The molecule has 98 valence electrons. The summed E-state index contributed by atoms with van der Waals surface area (Å²) in [6.45, 7) is 4.02. The summed E-state index contributed by atoms with van der Waals surface area (Å²) < 4.78 is 15.8. The first-order valence-corrected chi connectivity index (χ1v) is 5.68. The second-order valence-corrected chi connectivity index (χ2v) is 4.29. The summed E-state index contributed by atoms with van der Waals surface area (Å²) in [5, 5.41) is 12.4. The second-order valence-electron chi connectivity index (χ2n) is 4.29.